The molecule has 0 aromatic heterocycles. The van der Waals surface area contributed by atoms with E-state index in [0.717, 1.165) is 13.1 Å². The number of hydrogen-bond donors (Lipinski definition) is 1. The molecule has 2 aromatic rings. The fourth-order valence-electron chi connectivity index (χ4n) is 6.61. The molecular weight excluding hydrogens is 680 g/mol. The van der Waals surface area contributed by atoms with Crippen LogP contribution in [0.5, 0.6) is 0 Å². The lowest BCUT2D eigenvalue weighted by atomic mass is 9.81. The lowest BCUT2D eigenvalue weighted by molar-refractivity contribution is -0.442. The number of para-hydroxylation sites is 2. The van der Waals surface area contributed by atoms with Crippen molar-refractivity contribution >= 4 is 17.1 Å². The second-order valence-corrected chi connectivity index (χ2v) is 13.3. The first-order valence-electron chi connectivity index (χ1n) is 18.0. The van der Waals surface area contributed by atoms with E-state index in [1.165, 1.54) is 33.9 Å². The third kappa shape index (κ3) is 11.9. The smallest absolute Gasteiger partial charge is 0.209 e. The number of benzene rings is 2. The van der Waals surface area contributed by atoms with Gasteiger partial charge in [-0.25, -0.2) is 0 Å². The summed E-state index contributed by atoms with van der Waals surface area (Å²) < 4.78 is 35.8. The Balaban J connectivity index is 0.00000729. The molecule has 2 aliphatic rings. The number of ether oxygens (including phenoxy) is 6. The van der Waals surface area contributed by atoms with Gasteiger partial charge in [0.1, 0.15) is 13.2 Å². The van der Waals surface area contributed by atoms with Gasteiger partial charge in [0.15, 0.2) is 12.3 Å². The van der Waals surface area contributed by atoms with Gasteiger partial charge in [0.25, 0.3) is 0 Å². The molecule has 1 N–H and O–H groups in total. The highest BCUT2D eigenvalue weighted by Crippen LogP contribution is 2.47. The Labute approximate surface area is 317 Å². The van der Waals surface area contributed by atoms with Gasteiger partial charge in [-0.1, -0.05) is 74.4 Å². The number of anilines is 1. The van der Waals surface area contributed by atoms with Crippen LogP contribution in [0.3, 0.4) is 0 Å². The standard InChI is InChI=1S/C42H57N2O7.ClH/c1-6-23-46-27-31-50-33-34-51-32-29-48-25-21-44-38-17-13-11-15-36(38)42(4,5)40(44)19-9-7-8-18-39-41(2,3)35-14-10-12-16-37(35)43(39)20-24-47-28-30-49-26-22-45;/h1,7-19,45H,20-34H2,2-5H3;1H/q+1;/p-1. The minimum absolute atomic E-state index is 0. The van der Waals surface area contributed by atoms with Crippen molar-refractivity contribution in [1.29, 1.82) is 0 Å². The number of hydrogen-bond acceptors (Lipinski definition) is 8. The molecule has 0 saturated heterocycles. The molecule has 0 fully saturated rings. The Bertz CT molecular complexity index is 1540. The molecule has 2 aromatic carbocycles. The molecule has 2 heterocycles. The molecular formula is C42H57ClN2O7. The largest absolute Gasteiger partial charge is 1.00 e. The lowest BCUT2D eigenvalue weighted by Gasteiger charge is -2.27. The topological polar surface area (TPSA) is 81.9 Å². The summed E-state index contributed by atoms with van der Waals surface area (Å²) in [7, 11) is 0. The van der Waals surface area contributed by atoms with Crippen LogP contribution >= 0.6 is 0 Å². The van der Waals surface area contributed by atoms with E-state index in [0.29, 0.717) is 79.3 Å². The maximum atomic E-state index is 8.90. The summed E-state index contributed by atoms with van der Waals surface area (Å²) in [5, 5.41) is 8.90. The minimum Gasteiger partial charge on any atom is -1.00 e. The van der Waals surface area contributed by atoms with E-state index in [4.69, 9.17) is 40.0 Å². The Morgan fingerprint density at radius 3 is 1.94 bits per heavy atom. The van der Waals surface area contributed by atoms with E-state index in [9.17, 15) is 0 Å². The number of aliphatic hydroxyl groups is 1. The van der Waals surface area contributed by atoms with Gasteiger partial charge < -0.3 is 50.8 Å². The normalized spacial score (nSPS) is 16.5. The first-order chi connectivity index (χ1) is 24.8. The molecule has 2 aliphatic heterocycles. The Morgan fingerprint density at radius 2 is 1.27 bits per heavy atom. The van der Waals surface area contributed by atoms with Crippen LogP contribution in [0.25, 0.3) is 0 Å². The molecule has 0 unspecified atom stereocenters. The number of fused-ring (bicyclic) bond motifs is 2. The molecule has 284 valence electrons. The van der Waals surface area contributed by atoms with Crippen molar-refractivity contribution < 1.29 is 50.5 Å². The van der Waals surface area contributed by atoms with Crippen molar-refractivity contribution in [3.63, 3.8) is 0 Å². The summed E-state index contributed by atoms with van der Waals surface area (Å²) in [6, 6.07) is 17.2. The molecule has 0 amide bonds. The van der Waals surface area contributed by atoms with Gasteiger partial charge in [-0.05, 0) is 31.6 Å². The van der Waals surface area contributed by atoms with Crippen molar-refractivity contribution in [3.8, 4) is 12.3 Å². The lowest BCUT2D eigenvalue weighted by Crippen LogP contribution is -3.00. The van der Waals surface area contributed by atoms with Crippen molar-refractivity contribution in [3.05, 3.63) is 95.7 Å². The predicted molar refractivity (Wildman–Crippen MR) is 203 cm³/mol. The second-order valence-electron chi connectivity index (χ2n) is 13.3. The number of terminal acetylenes is 1. The van der Waals surface area contributed by atoms with Crippen molar-refractivity contribution in [2.45, 2.75) is 38.5 Å². The van der Waals surface area contributed by atoms with Crippen molar-refractivity contribution in [1.82, 2.24) is 0 Å². The molecule has 0 saturated carbocycles. The van der Waals surface area contributed by atoms with Gasteiger partial charge in [0.05, 0.1) is 78.1 Å². The van der Waals surface area contributed by atoms with Gasteiger partial charge in [0.2, 0.25) is 5.69 Å². The summed E-state index contributed by atoms with van der Waals surface area (Å²) in [4.78, 5) is 2.38. The number of allylic oxidation sites excluding steroid dienone is 6. The molecule has 4 rings (SSSR count). The number of rotatable bonds is 24. The molecule has 0 bridgehead atoms. The molecule has 0 aliphatic carbocycles. The van der Waals surface area contributed by atoms with Gasteiger partial charge >= 0.3 is 0 Å². The SMILES string of the molecule is C#CCOCCOCCOCCOCCN1/C(=C/C=C/C=C/C2=[N+](CCOCCOCCO)c3ccccc3C2(C)C)C(C)(C)c2ccccc21.[Cl-]. The third-order valence-electron chi connectivity index (χ3n) is 9.16. The van der Waals surface area contributed by atoms with Crippen LogP contribution in [0.2, 0.25) is 0 Å². The monoisotopic (exact) mass is 736 g/mol. The predicted octanol–water partition coefficient (Wildman–Crippen LogP) is 2.59. The van der Waals surface area contributed by atoms with Gasteiger partial charge in [-0.3, -0.25) is 0 Å². The maximum absolute atomic E-state index is 8.90. The highest BCUT2D eigenvalue weighted by atomic mass is 35.5. The zero-order valence-electron chi connectivity index (χ0n) is 31.4. The summed E-state index contributed by atoms with van der Waals surface area (Å²) in [6.07, 6.45) is 16.0. The minimum atomic E-state index is -0.149. The quantitative estimate of drug-likeness (QED) is 0.0764. The van der Waals surface area contributed by atoms with Crippen LogP contribution in [0.15, 0.2) is 84.6 Å². The molecule has 9 nitrogen and oxygen atoms in total. The van der Waals surface area contributed by atoms with Crippen LogP contribution < -0.4 is 17.3 Å². The Kier molecular flexibility index (Phi) is 18.8. The van der Waals surface area contributed by atoms with Crippen LogP contribution in [0.1, 0.15) is 38.8 Å². The Hall–Kier alpha value is -3.30. The van der Waals surface area contributed by atoms with Crippen molar-refractivity contribution in [2.24, 2.45) is 0 Å². The van der Waals surface area contributed by atoms with Gasteiger partial charge in [-0.15, -0.1) is 6.42 Å². The highest BCUT2D eigenvalue weighted by molar-refractivity contribution is 6.03. The summed E-state index contributed by atoms with van der Waals surface area (Å²) >= 11 is 0. The van der Waals surface area contributed by atoms with Crippen LogP contribution in [0, 0.1) is 12.3 Å². The van der Waals surface area contributed by atoms with Gasteiger partial charge in [0, 0.05) is 41.1 Å². The average Bonchev–Trinajstić information content (AvgIpc) is 3.48. The highest BCUT2D eigenvalue weighted by Gasteiger charge is 2.44. The summed E-state index contributed by atoms with van der Waals surface area (Å²) in [5.74, 6) is 2.43. The van der Waals surface area contributed by atoms with Gasteiger partial charge in [-0.2, -0.15) is 4.58 Å². The van der Waals surface area contributed by atoms with Crippen LogP contribution in [0.4, 0.5) is 11.4 Å². The number of halogens is 1. The van der Waals surface area contributed by atoms with Crippen LogP contribution in [-0.4, -0.2) is 114 Å². The average molecular weight is 737 g/mol. The first kappa shape index (κ1) is 43.1. The van der Waals surface area contributed by atoms with E-state index >= 15 is 0 Å². The zero-order valence-corrected chi connectivity index (χ0v) is 32.1. The molecule has 52 heavy (non-hydrogen) atoms. The van der Waals surface area contributed by atoms with E-state index < -0.39 is 0 Å². The summed E-state index contributed by atoms with van der Waals surface area (Å²) in [6.45, 7) is 16.5. The molecule has 0 radical (unpaired) electrons. The number of nitrogens with zero attached hydrogens (tertiary/aromatic N) is 2. The maximum Gasteiger partial charge on any atom is 0.209 e. The van der Waals surface area contributed by atoms with E-state index in [2.05, 4.69) is 122 Å². The van der Waals surface area contributed by atoms with Crippen molar-refractivity contribution in [2.75, 3.05) is 104 Å². The fourth-order valence-corrected chi connectivity index (χ4v) is 6.61. The molecule has 0 spiro atoms. The molecule has 10 heteroatoms. The third-order valence-corrected chi connectivity index (χ3v) is 9.16. The van der Waals surface area contributed by atoms with E-state index in [-0.39, 0.29) is 29.8 Å². The Morgan fingerprint density at radius 1 is 0.692 bits per heavy atom. The fraction of sp³-hybridized carbons (Fsp3) is 0.500. The summed E-state index contributed by atoms with van der Waals surface area (Å²) in [5.41, 5.74) is 7.23. The second kappa shape index (κ2) is 22.7. The molecule has 0 atom stereocenters. The number of aliphatic hydroxyl groups excluding tert-OH is 1. The van der Waals surface area contributed by atoms with E-state index in [1.807, 2.05) is 0 Å². The first-order valence-corrected chi connectivity index (χ1v) is 18.0. The zero-order chi connectivity index (χ0) is 36.4. The van der Waals surface area contributed by atoms with Crippen LogP contribution in [-0.2, 0) is 39.3 Å². The van der Waals surface area contributed by atoms with E-state index in [1.54, 1.807) is 0 Å².